The Kier molecular flexibility index (Phi) is 4.68. The second-order valence-corrected chi connectivity index (χ2v) is 4.71. The molecule has 1 aromatic carbocycles. The highest BCUT2D eigenvalue weighted by molar-refractivity contribution is 5.41. The minimum absolute atomic E-state index is 0.229. The Bertz CT molecular complexity index is 438. The van der Waals surface area contributed by atoms with Crippen LogP contribution in [-0.4, -0.2) is 12.1 Å². The standard InChI is InChI=1S/C14H18FNO/c1-14(2,3)17-10-12-6-7-13(15)9-11(12)5-4-8-16/h6-7,9H,8,10,16H2,1-3H3. The van der Waals surface area contributed by atoms with E-state index in [-0.39, 0.29) is 18.0 Å². The molecule has 0 heterocycles. The molecule has 0 aliphatic heterocycles. The molecule has 0 fully saturated rings. The summed E-state index contributed by atoms with van der Waals surface area (Å²) in [6, 6.07) is 4.51. The zero-order valence-electron chi connectivity index (χ0n) is 10.5. The first-order chi connectivity index (χ1) is 7.92. The Labute approximate surface area is 102 Å². The average Bonchev–Trinajstić information content (AvgIpc) is 2.23. The molecule has 0 aliphatic carbocycles. The van der Waals surface area contributed by atoms with Crippen LogP contribution in [0.5, 0.6) is 0 Å². The van der Waals surface area contributed by atoms with Crippen molar-refractivity contribution in [2.45, 2.75) is 33.0 Å². The molecule has 0 aliphatic rings. The van der Waals surface area contributed by atoms with Crippen molar-refractivity contribution in [3.05, 3.63) is 35.1 Å². The van der Waals surface area contributed by atoms with E-state index in [1.807, 2.05) is 20.8 Å². The van der Waals surface area contributed by atoms with Crippen molar-refractivity contribution >= 4 is 0 Å². The SMILES string of the molecule is CC(C)(C)OCc1ccc(F)cc1C#CCN. The number of ether oxygens (including phenoxy) is 1. The third kappa shape index (κ3) is 4.99. The van der Waals surface area contributed by atoms with Crippen molar-refractivity contribution in [1.82, 2.24) is 0 Å². The molecular formula is C14H18FNO. The summed E-state index contributed by atoms with van der Waals surface area (Å²) >= 11 is 0. The predicted octanol–water partition coefficient (Wildman–Crippen LogP) is 2.45. The molecule has 2 N–H and O–H groups in total. The maximum Gasteiger partial charge on any atom is 0.124 e. The van der Waals surface area contributed by atoms with Gasteiger partial charge in [0.2, 0.25) is 0 Å². The van der Waals surface area contributed by atoms with Crippen LogP contribution in [0.15, 0.2) is 18.2 Å². The van der Waals surface area contributed by atoms with E-state index in [9.17, 15) is 4.39 Å². The Morgan fingerprint density at radius 3 is 2.65 bits per heavy atom. The molecule has 0 atom stereocenters. The number of halogens is 1. The van der Waals surface area contributed by atoms with E-state index in [2.05, 4.69) is 11.8 Å². The Morgan fingerprint density at radius 2 is 2.06 bits per heavy atom. The molecule has 1 rings (SSSR count). The highest BCUT2D eigenvalue weighted by atomic mass is 19.1. The monoisotopic (exact) mass is 235 g/mol. The molecule has 0 aromatic heterocycles. The van der Waals surface area contributed by atoms with Gasteiger partial charge in [-0.3, -0.25) is 0 Å². The highest BCUT2D eigenvalue weighted by Gasteiger charge is 2.11. The van der Waals surface area contributed by atoms with Crippen LogP contribution in [0.4, 0.5) is 4.39 Å². The number of rotatable bonds is 2. The fourth-order valence-corrected chi connectivity index (χ4v) is 1.23. The summed E-state index contributed by atoms with van der Waals surface area (Å²) in [6.45, 7) is 6.60. The van der Waals surface area contributed by atoms with Gasteiger partial charge >= 0.3 is 0 Å². The molecule has 17 heavy (non-hydrogen) atoms. The van der Waals surface area contributed by atoms with Crippen LogP contribution in [0.3, 0.4) is 0 Å². The van der Waals surface area contributed by atoms with Gasteiger partial charge in [0.15, 0.2) is 0 Å². The van der Waals surface area contributed by atoms with E-state index in [0.29, 0.717) is 12.2 Å². The lowest BCUT2D eigenvalue weighted by Crippen LogP contribution is -2.19. The summed E-state index contributed by atoms with van der Waals surface area (Å²) in [4.78, 5) is 0. The van der Waals surface area contributed by atoms with Gasteiger partial charge in [0, 0.05) is 5.56 Å². The molecule has 1 aromatic rings. The van der Waals surface area contributed by atoms with Crippen molar-refractivity contribution < 1.29 is 9.13 Å². The van der Waals surface area contributed by atoms with Crippen molar-refractivity contribution in [2.75, 3.05) is 6.54 Å². The molecule has 0 amide bonds. The lowest BCUT2D eigenvalue weighted by molar-refractivity contribution is -0.0150. The van der Waals surface area contributed by atoms with Crippen molar-refractivity contribution in [2.24, 2.45) is 5.73 Å². The first kappa shape index (κ1) is 13.7. The topological polar surface area (TPSA) is 35.2 Å². The lowest BCUT2D eigenvalue weighted by atomic mass is 10.1. The Hall–Kier alpha value is -1.37. The average molecular weight is 235 g/mol. The molecule has 92 valence electrons. The first-order valence-corrected chi connectivity index (χ1v) is 5.54. The van der Waals surface area contributed by atoms with Gasteiger partial charge in [0.1, 0.15) is 5.82 Å². The smallest absolute Gasteiger partial charge is 0.124 e. The lowest BCUT2D eigenvalue weighted by Gasteiger charge is -2.20. The normalized spacial score (nSPS) is 10.9. The number of hydrogen-bond donors (Lipinski definition) is 1. The van der Waals surface area contributed by atoms with E-state index < -0.39 is 0 Å². The summed E-state index contributed by atoms with van der Waals surface area (Å²) < 4.78 is 18.8. The Balaban J connectivity index is 2.90. The second-order valence-electron chi connectivity index (χ2n) is 4.71. The summed E-state index contributed by atoms with van der Waals surface area (Å²) in [7, 11) is 0. The zero-order chi connectivity index (χ0) is 12.9. The quantitative estimate of drug-likeness (QED) is 0.799. The van der Waals surface area contributed by atoms with Gasteiger partial charge in [-0.25, -0.2) is 4.39 Å². The van der Waals surface area contributed by atoms with Crippen molar-refractivity contribution in [3.8, 4) is 11.8 Å². The molecule has 0 spiro atoms. The van der Waals surface area contributed by atoms with Gasteiger partial charge in [-0.2, -0.15) is 0 Å². The van der Waals surface area contributed by atoms with Crippen LogP contribution in [0.25, 0.3) is 0 Å². The van der Waals surface area contributed by atoms with E-state index in [0.717, 1.165) is 5.56 Å². The molecule has 2 nitrogen and oxygen atoms in total. The minimum Gasteiger partial charge on any atom is -0.371 e. The minimum atomic E-state index is -0.300. The molecule has 0 bridgehead atoms. The number of nitrogens with two attached hydrogens (primary N) is 1. The van der Waals surface area contributed by atoms with Crippen LogP contribution in [-0.2, 0) is 11.3 Å². The third-order valence-corrected chi connectivity index (χ3v) is 2.06. The number of benzene rings is 1. The first-order valence-electron chi connectivity index (χ1n) is 5.54. The Morgan fingerprint density at radius 1 is 1.35 bits per heavy atom. The van der Waals surface area contributed by atoms with Crippen LogP contribution in [0.2, 0.25) is 0 Å². The van der Waals surface area contributed by atoms with E-state index >= 15 is 0 Å². The van der Waals surface area contributed by atoms with Gasteiger partial charge in [0.05, 0.1) is 18.8 Å². The molecule has 3 heteroatoms. The van der Waals surface area contributed by atoms with E-state index in [4.69, 9.17) is 10.5 Å². The summed E-state index contributed by atoms with van der Waals surface area (Å²) in [5.41, 5.74) is 6.60. The fourth-order valence-electron chi connectivity index (χ4n) is 1.23. The molecule has 0 saturated heterocycles. The molecule has 0 radical (unpaired) electrons. The van der Waals surface area contributed by atoms with Crippen LogP contribution in [0.1, 0.15) is 31.9 Å². The van der Waals surface area contributed by atoms with Crippen molar-refractivity contribution in [1.29, 1.82) is 0 Å². The molecule has 0 saturated carbocycles. The van der Waals surface area contributed by atoms with Gasteiger partial charge < -0.3 is 10.5 Å². The largest absolute Gasteiger partial charge is 0.371 e. The summed E-state index contributed by atoms with van der Waals surface area (Å²) in [6.07, 6.45) is 0. The predicted molar refractivity (Wildman–Crippen MR) is 66.9 cm³/mol. The van der Waals surface area contributed by atoms with Gasteiger partial charge in [-0.05, 0) is 38.5 Å². The second kappa shape index (κ2) is 5.81. The van der Waals surface area contributed by atoms with Gasteiger partial charge in [0.25, 0.3) is 0 Å². The van der Waals surface area contributed by atoms with E-state index in [1.165, 1.54) is 12.1 Å². The van der Waals surface area contributed by atoms with Crippen LogP contribution < -0.4 is 5.73 Å². The fraction of sp³-hybridized carbons (Fsp3) is 0.429. The van der Waals surface area contributed by atoms with Crippen LogP contribution in [0, 0.1) is 17.7 Å². The number of hydrogen-bond acceptors (Lipinski definition) is 2. The summed E-state index contributed by atoms with van der Waals surface area (Å²) in [5, 5.41) is 0. The van der Waals surface area contributed by atoms with E-state index in [1.54, 1.807) is 6.07 Å². The van der Waals surface area contributed by atoms with Gasteiger partial charge in [-0.15, -0.1) is 0 Å². The maximum atomic E-state index is 13.1. The highest BCUT2D eigenvalue weighted by Crippen LogP contribution is 2.16. The molecule has 0 unspecified atom stereocenters. The third-order valence-electron chi connectivity index (χ3n) is 2.06. The van der Waals surface area contributed by atoms with Crippen LogP contribution >= 0.6 is 0 Å². The molecular weight excluding hydrogens is 217 g/mol. The maximum absolute atomic E-state index is 13.1. The van der Waals surface area contributed by atoms with Crippen molar-refractivity contribution in [3.63, 3.8) is 0 Å². The zero-order valence-corrected chi connectivity index (χ0v) is 10.5. The summed E-state index contributed by atoms with van der Waals surface area (Å²) in [5.74, 6) is 5.28. The van der Waals surface area contributed by atoms with Gasteiger partial charge in [-0.1, -0.05) is 17.9 Å².